The molecule has 1 atom stereocenters. The fraction of sp³-hybridized carbons (Fsp3) is 0.312. The summed E-state index contributed by atoms with van der Waals surface area (Å²) in [5.74, 6) is 0.530. The number of carbonyl (C=O) groups is 1. The van der Waals surface area contributed by atoms with E-state index in [1.165, 1.54) is 24.3 Å². The smallest absolute Gasteiger partial charge is 0.410 e. The molecule has 1 unspecified atom stereocenters. The molecule has 2 rings (SSSR count). The van der Waals surface area contributed by atoms with Gasteiger partial charge in [0.25, 0.3) is 0 Å². The number of amides is 1. The van der Waals surface area contributed by atoms with Gasteiger partial charge >= 0.3 is 6.09 Å². The number of nitrogens with one attached hydrogen (secondary N) is 1. The van der Waals surface area contributed by atoms with E-state index in [1.807, 2.05) is 6.08 Å². The number of halogens is 1. The normalized spacial score (nSPS) is 18.1. The van der Waals surface area contributed by atoms with Crippen LogP contribution in [-0.2, 0) is 0 Å². The lowest BCUT2D eigenvalue weighted by Crippen LogP contribution is -2.26. The highest BCUT2D eigenvalue weighted by Gasteiger charge is 2.05. The summed E-state index contributed by atoms with van der Waals surface area (Å²) in [6.07, 6.45) is 11.3. The average molecular weight is 275 g/mol. The van der Waals surface area contributed by atoms with E-state index < -0.39 is 6.09 Å². The zero-order chi connectivity index (χ0) is 14.2. The number of hydrogen-bond acceptors (Lipinski definition) is 2. The Balaban J connectivity index is 1.68. The maximum absolute atomic E-state index is 12.7. The van der Waals surface area contributed by atoms with Crippen LogP contribution < -0.4 is 10.1 Å². The second-order valence-electron chi connectivity index (χ2n) is 4.70. The molecule has 3 nitrogen and oxygen atoms in total. The highest BCUT2D eigenvalue weighted by Crippen LogP contribution is 2.18. The zero-order valence-corrected chi connectivity index (χ0v) is 11.2. The zero-order valence-electron chi connectivity index (χ0n) is 11.2. The minimum Gasteiger partial charge on any atom is -0.410 e. The van der Waals surface area contributed by atoms with Crippen LogP contribution in [0.3, 0.4) is 0 Å². The summed E-state index contributed by atoms with van der Waals surface area (Å²) in [5.41, 5.74) is 0. The van der Waals surface area contributed by atoms with E-state index in [4.69, 9.17) is 4.74 Å². The topological polar surface area (TPSA) is 38.3 Å². The average Bonchev–Trinajstić information content (AvgIpc) is 2.47. The van der Waals surface area contributed by atoms with Gasteiger partial charge in [-0.3, -0.25) is 0 Å². The van der Waals surface area contributed by atoms with Crippen molar-refractivity contribution in [1.29, 1.82) is 0 Å². The lowest BCUT2D eigenvalue weighted by molar-refractivity contribution is 0.201. The molecule has 20 heavy (non-hydrogen) atoms. The predicted molar refractivity (Wildman–Crippen MR) is 76.0 cm³/mol. The first-order valence-electron chi connectivity index (χ1n) is 6.77. The van der Waals surface area contributed by atoms with E-state index in [9.17, 15) is 9.18 Å². The van der Waals surface area contributed by atoms with Gasteiger partial charge < -0.3 is 10.1 Å². The van der Waals surface area contributed by atoms with Crippen molar-refractivity contribution in [2.75, 3.05) is 6.54 Å². The first-order chi connectivity index (χ1) is 9.74. The van der Waals surface area contributed by atoms with Gasteiger partial charge in [0.15, 0.2) is 0 Å². The largest absolute Gasteiger partial charge is 0.412 e. The number of benzene rings is 1. The maximum Gasteiger partial charge on any atom is 0.412 e. The first-order valence-corrected chi connectivity index (χ1v) is 6.77. The van der Waals surface area contributed by atoms with Crippen molar-refractivity contribution in [3.05, 3.63) is 54.4 Å². The van der Waals surface area contributed by atoms with Gasteiger partial charge in [-0.15, -0.1) is 0 Å². The van der Waals surface area contributed by atoms with Gasteiger partial charge in [0.2, 0.25) is 0 Å². The molecular weight excluding hydrogens is 257 g/mol. The van der Waals surface area contributed by atoms with Gasteiger partial charge in [-0.1, -0.05) is 24.3 Å². The molecular formula is C16H18FNO2. The quantitative estimate of drug-likeness (QED) is 0.848. The third kappa shape index (κ3) is 4.88. The maximum atomic E-state index is 12.7. The van der Waals surface area contributed by atoms with Crippen LogP contribution in [0.15, 0.2) is 48.6 Å². The van der Waals surface area contributed by atoms with Crippen LogP contribution in [0, 0.1) is 11.7 Å². The Hall–Kier alpha value is -2.10. The molecule has 106 valence electrons. The van der Waals surface area contributed by atoms with Crippen LogP contribution in [0.2, 0.25) is 0 Å². The second kappa shape index (κ2) is 7.48. The summed E-state index contributed by atoms with van der Waals surface area (Å²) in [5, 5.41) is 2.63. The fourth-order valence-corrected chi connectivity index (χ4v) is 2.04. The van der Waals surface area contributed by atoms with Gasteiger partial charge in [0, 0.05) is 6.54 Å². The van der Waals surface area contributed by atoms with Crippen LogP contribution in [0.5, 0.6) is 5.75 Å². The van der Waals surface area contributed by atoms with Gasteiger partial charge in [-0.25, -0.2) is 9.18 Å². The molecule has 1 N–H and O–H groups in total. The van der Waals surface area contributed by atoms with E-state index in [0.717, 1.165) is 19.3 Å². The van der Waals surface area contributed by atoms with Crippen molar-refractivity contribution in [1.82, 2.24) is 5.32 Å². The molecule has 0 saturated carbocycles. The molecule has 0 aromatic heterocycles. The Morgan fingerprint density at radius 2 is 2.15 bits per heavy atom. The van der Waals surface area contributed by atoms with Gasteiger partial charge in [0.1, 0.15) is 11.6 Å². The van der Waals surface area contributed by atoms with Crippen molar-refractivity contribution >= 4 is 6.09 Å². The van der Waals surface area contributed by atoms with E-state index >= 15 is 0 Å². The summed E-state index contributed by atoms with van der Waals surface area (Å²) in [6.45, 7) is 0.431. The Morgan fingerprint density at radius 3 is 2.85 bits per heavy atom. The summed E-state index contributed by atoms with van der Waals surface area (Å²) in [6, 6.07) is 5.33. The van der Waals surface area contributed by atoms with Crippen LogP contribution in [0.1, 0.15) is 19.3 Å². The molecule has 1 aliphatic carbocycles. The van der Waals surface area contributed by atoms with Crippen molar-refractivity contribution in [3.8, 4) is 5.75 Å². The summed E-state index contributed by atoms with van der Waals surface area (Å²) < 4.78 is 17.7. The molecule has 0 fully saturated rings. The highest BCUT2D eigenvalue weighted by molar-refractivity contribution is 5.70. The predicted octanol–water partition coefficient (Wildman–Crippen LogP) is 3.83. The Morgan fingerprint density at radius 1 is 1.35 bits per heavy atom. The van der Waals surface area contributed by atoms with E-state index in [-0.39, 0.29) is 5.82 Å². The number of allylic oxidation sites excluding steroid dienone is 3. The number of carbonyl (C=O) groups excluding carboxylic acids is 1. The lowest BCUT2D eigenvalue weighted by atomic mass is 9.94. The van der Waals surface area contributed by atoms with Crippen LogP contribution in [-0.4, -0.2) is 12.6 Å². The summed E-state index contributed by atoms with van der Waals surface area (Å²) in [4.78, 5) is 11.5. The third-order valence-electron chi connectivity index (χ3n) is 3.11. The van der Waals surface area contributed by atoms with Crippen LogP contribution in [0.25, 0.3) is 0 Å². The fourth-order valence-electron chi connectivity index (χ4n) is 2.04. The minimum absolute atomic E-state index is 0.324. The molecule has 0 radical (unpaired) electrons. The highest BCUT2D eigenvalue weighted by atomic mass is 19.1. The first kappa shape index (κ1) is 14.3. The van der Waals surface area contributed by atoms with E-state index in [0.29, 0.717) is 18.2 Å². The molecule has 1 amide bonds. The standard InChI is InChI=1S/C16H18FNO2/c17-14-8-10-15(11-9-14)20-16(19)18-12-4-7-13-5-2-1-3-6-13/h1-2,4,7-11,13H,3,5-6,12H2,(H,18,19). The molecule has 0 saturated heterocycles. The van der Waals surface area contributed by atoms with Crippen LogP contribution >= 0.6 is 0 Å². The summed E-state index contributed by atoms with van der Waals surface area (Å²) >= 11 is 0. The number of hydrogen-bond donors (Lipinski definition) is 1. The molecule has 0 bridgehead atoms. The molecule has 1 aliphatic rings. The number of ether oxygens (including phenoxy) is 1. The third-order valence-corrected chi connectivity index (χ3v) is 3.11. The van der Waals surface area contributed by atoms with Crippen molar-refractivity contribution in [2.24, 2.45) is 5.92 Å². The molecule has 0 heterocycles. The SMILES string of the molecule is O=C(NCC=CC1CC=CCC1)Oc1ccc(F)cc1. The Bertz CT molecular complexity index is 494. The van der Waals surface area contributed by atoms with Crippen molar-refractivity contribution in [3.63, 3.8) is 0 Å². The van der Waals surface area contributed by atoms with Crippen molar-refractivity contribution < 1.29 is 13.9 Å². The van der Waals surface area contributed by atoms with Gasteiger partial charge in [-0.2, -0.15) is 0 Å². The lowest BCUT2D eigenvalue weighted by Gasteiger charge is -2.12. The van der Waals surface area contributed by atoms with Gasteiger partial charge in [-0.05, 0) is 49.4 Å². The molecule has 4 heteroatoms. The van der Waals surface area contributed by atoms with Crippen LogP contribution in [0.4, 0.5) is 9.18 Å². The molecule has 0 aliphatic heterocycles. The second-order valence-corrected chi connectivity index (χ2v) is 4.70. The minimum atomic E-state index is -0.537. The van der Waals surface area contributed by atoms with E-state index in [2.05, 4.69) is 23.5 Å². The summed E-state index contributed by atoms with van der Waals surface area (Å²) in [7, 11) is 0. The monoisotopic (exact) mass is 275 g/mol. The van der Waals surface area contributed by atoms with E-state index in [1.54, 1.807) is 0 Å². The Kier molecular flexibility index (Phi) is 5.35. The molecule has 0 spiro atoms. The van der Waals surface area contributed by atoms with Crippen molar-refractivity contribution in [2.45, 2.75) is 19.3 Å². The Labute approximate surface area is 118 Å². The number of rotatable bonds is 4. The van der Waals surface area contributed by atoms with Gasteiger partial charge in [0.05, 0.1) is 0 Å². The molecule has 1 aromatic carbocycles. The molecule has 1 aromatic rings.